The average molecular weight is 294 g/mol. The summed E-state index contributed by atoms with van der Waals surface area (Å²) < 4.78 is 26.9. The van der Waals surface area contributed by atoms with Gasteiger partial charge in [0.25, 0.3) is 0 Å². The first-order valence-electron chi connectivity index (χ1n) is 5.85. The molecule has 1 aliphatic heterocycles. The van der Waals surface area contributed by atoms with E-state index >= 15 is 0 Å². The number of ether oxygens (including phenoxy) is 1. The van der Waals surface area contributed by atoms with E-state index in [1.165, 1.54) is 0 Å². The summed E-state index contributed by atoms with van der Waals surface area (Å²) in [5.74, 6) is -1.12. The Morgan fingerprint density at radius 3 is 2.53 bits per heavy atom. The lowest BCUT2D eigenvalue weighted by atomic mass is 10.2. The maximum Gasteiger partial charge on any atom is 0.332 e. The van der Waals surface area contributed by atoms with Gasteiger partial charge in [-0.3, -0.25) is 0 Å². The number of carbonyl (C=O) groups is 2. The van der Waals surface area contributed by atoms with Crippen LogP contribution in [0.2, 0.25) is 0 Å². The van der Waals surface area contributed by atoms with Crippen LogP contribution in [0.5, 0.6) is 0 Å². The molecule has 1 saturated heterocycles. The number of nitrogens with one attached hydrogen (secondary N) is 2. The molecule has 0 aromatic carbocycles. The molecule has 0 aliphatic carbocycles. The Bertz CT molecular complexity index is 435. The zero-order chi connectivity index (χ0) is 14.5. The highest BCUT2D eigenvalue weighted by molar-refractivity contribution is 7.90. The molecule has 0 bridgehead atoms. The highest BCUT2D eigenvalue weighted by Gasteiger charge is 2.30. The predicted octanol–water partition coefficient (Wildman–Crippen LogP) is -1.04. The van der Waals surface area contributed by atoms with E-state index in [1.807, 2.05) is 0 Å². The Balaban J connectivity index is 2.16. The fourth-order valence-corrected chi connectivity index (χ4v) is 2.13. The van der Waals surface area contributed by atoms with Crippen LogP contribution in [0.15, 0.2) is 0 Å². The summed E-state index contributed by atoms with van der Waals surface area (Å²) in [5.41, 5.74) is 0. The van der Waals surface area contributed by atoms with Crippen molar-refractivity contribution in [2.75, 3.05) is 25.1 Å². The van der Waals surface area contributed by atoms with Crippen molar-refractivity contribution in [3.63, 3.8) is 0 Å². The summed E-state index contributed by atoms with van der Waals surface area (Å²) in [5, 5.41) is 13.6. The Morgan fingerprint density at radius 1 is 1.32 bits per heavy atom. The van der Waals surface area contributed by atoms with Gasteiger partial charge in [0.1, 0.15) is 9.84 Å². The van der Waals surface area contributed by atoms with E-state index in [9.17, 15) is 18.0 Å². The zero-order valence-electron chi connectivity index (χ0n) is 10.6. The van der Waals surface area contributed by atoms with Crippen molar-refractivity contribution in [3.8, 4) is 0 Å². The first-order valence-corrected chi connectivity index (χ1v) is 7.91. The van der Waals surface area contributed by atoms with Crippen LogP contribution in [0, 0.1) is 0 Å². The molecular formula is C10H18N2O6S. The highest BCUT2D eigenvalue weighted by atomic mass is 32.2. The van der Waals surface area contributed by atoms with Crippen LogP contribution in [0.3, 0.4) is 0 Å². The van der Waals surface area contributed by atoms with Gasteiger partial charge in [-0.1, -0.05) is 0 Å². The maximum atomic E-state index is 11.3. The molecule has 1 aliphatic rings. The summed E-state index contributed by atoms with van der Waals surface area (Å²) in [6.45, 7) is 0.239. The zero-order valence-corrected chi connectivity index (χ0v) is 11.4. The van der Waals surface area contributed by atoms with Crippen LogP contribution >= 0.6 is 0 Å². The maximum absolute atomic E-state index is 11.3. The Labute approximate surface area is 111 Å². The molecule has 0 saturated carbocycles. The molecule has 110 valence electrons. The number of urea groups is 1. The van der Waals surface area contributed by atoms with Gasteiger partial charge in [-0.2, -0.15) is 0 Å². The summed E-state index contributed by atoms with van der Waals surface area (Å²) >= 11 is 0. The van der Waals surface area contributed by atoms with Crippen LogP contribution in [0.4, 0.5) is 4.79 Å². The lowest BCUT2D eigenvalue weighted by Gasteiger charge is -2.12. The fourth-order valence-electron chi connectivity index (χ4n) is 1.66. The number of sulfone groups is 1. The van der Waals surface area contributed by atoms with Crippen LogP contribution < -0.4 is 10.6 Å². The predicted molar refractivity (Wildman–Crippen MR) is 66.6 cm³/mol. The highest BCUT2D eigenvalue weighted by Crippen LogP contribution is 2.18. The topological polar surface area (TPSA) is 122 Å². The van der Waals surface area contributed by atoms with E-state index in [4.69, 9.17) is 9.84 Å². The van der Waals surface area contributed by atoms with Gasteiger partial charge in [-0.15, -0.1) is 0 Å². The molecule has 0 radical (unpaired) electrons. The minimum Gasteiger partial charge on any atom is -0.479 e. The molecule has 1 heterocycles. The van der Waals surface area contributed by atoms with E-state index in [2.05, 4.69) is 10.6 Å². The molecule has 8 nitrogen and oxygen atoms in total. The van der Waals surface area contributed by atoms with Crippen molar-refractivity contribution in [1.29, 1.82) is 0 Å². The SMILES string of the molecule is CS(=O)(=O)CCNC(=O)NCC1CCC(C(=O)O)O1. The molecule has 2 unspecified atom stereocenters. The van der Waals surface area contributed by atoms with Crippen molar-refractivity contribution >= 4 is 21.8 Å². The number of rotatable bonds is 6. The van der Waals surface area contributed by atoms with Crippen molar-refractivity contribution in [2.24, 2.45) is 0 Å². The van der Waals surface area contributed by atoms with E-state index in [-0.39, 0.29) is 24.9 Å². The van der Waals surface area contributed by atoms with Gasteiger partial charge in [0.2, 0.25) is 0 Å². The molecule has 9 heteroatoms. The second-order valence-electron chi connectivity index (χ2n) is 4.43. The molecule has 3 N–H and O–H groups in total. The van der Waals surface area contributed by atoms with Crippen LogP contribution in [0.25, 0.3) is 0 Å². The molecule has 0 aromatic rings. The molecule has 19 heavy (non-hydrogen) atoms. The second kappa shape index (κ2) is 6.71. The Kier molecular flexibility index (Phi) is 5.55. The fraction of sp³-hybridized carbons (Fsp3) is 0.800. The summed E-state index contributed by atoms with van der Waals surface area (Å²) in [7, 11) is -3.10. The average Bonchev–Trinajstić information content (AvgIpc) is 2.73. The molecule has 0 spiro atoms. The quantitative estimate of drug-likeness (QED) is 0.575. The third kappa shape index (κ3) is 6.39. The lowest BCUT2D eigenvalue weighted by molar-refractivity contribution is -0.149. The monoisotopic (exact) mass is 294 g/mol. The van der Waals surface area contributed by atoms with E-state index in [1.54, 1.807) is 0 Å². The van der Waals surface area contributed by atoms with E-state index in [0.29, 0.717) is 12.8 Å². The van der Waals surface area contributed by atoms with Gasteiger partial charge < -0.3 is 20.5 Å². The first-order chi connectivity index (χ1) is 8.78. The number of carboxylic acid groups (broad SMARTS) is 1. The number of hydrogen-bond acceptors (Lipinski definition) is 5. The smallest absolute Gasteiger partial charge is 0.332 e. The van der Waals surface area contributed by atoms with Crippen molar-refractivity contribution in [1.82, 2.24) is 10.6 Å². The van der Waals surface area contributed by atoms with Gasteiger partial charge in [0.05, 0.1) is 11.9 Å². The minimum atomic E-state index is -3.10. The van der Waals surface area contributed by atoms with Crippen molar-refractivity contribution in [2.45, 2.75) is 25.0 Å². The van der Waals surface area contributed by atoms with Gasteiger partial charge in [0.15, 0.2) is 6.10 Å². The molecular weight excluding hydrogens is 276 g/mol. The van der Waals surface area contributed by atoms with Crippen LogP contribution in [-0.4, -0.2) is 62.8 Å². The van der Waals surface area contributed by atoms with Gasteiger partial charge in [-0.25, -0.2) is 18.0 Å². The van der Waals surface area contributed by atoms with Gasteiger partial charge in [-0.05, 0) is 12.8 Å². The van der Waals surface area contributed by atoms with Crippen LogP contribution in [0.1, 0.15) is 12.8 Å². The molecule has 2 atom stereocenters. The molecule has 2 amide bonds. The lowest BCUT2D eigenvalue weighted by Crippen LogP contribution is -2.41. The van der Waals surface area contributed by atoms with Gasteiger partial charge >= 0.3 is 12.0 Å². The summed E-state index contributed by atoms with van der Waals surface area (Å²) in [6, 6.07) is -0.494. The number of amides is 2. The molecule has 1 rings (SSSR count). The minimum absolute atomic E-state index is 0.0357. The third-order valence-electron chi connectivity index (χ3n) is 2.63. The first kappa shape index (κ1) is 15.7. The normalized spacial score (nSPS) is 23.0. The number of carboxylic acids is 1. The van der Waals surface area contributed by atoms with Crippen molar-refractivity contribution < 1.29 is 27.9 Å². The summed E-state index contributed by atoms with van der Waals surface area (Å²) in [6.07, 6.45) is 0.963. The summed E-state index contributed by atoms with van der Waals surface area (Å²) in [4.78, 5) is 22.0. The molecule has 1 fully saturated rings. The number of carbonyl (C=O) groups excluding carboxylic acids is 1. The van der Waals surface area contributed by atoms with E-state index in [0.717, 1.165) is 6.26 Å². The van der Waals surface area contributed by atoms with Crippen LogP contribution in [-0.2, 0) is 19.4 Å². The molecule has 0 aromatic heterocycles. The standard InChI is InChI=1S/C10H18N2O6S/c1-19(16,17)5-4-11-10(15)12-6-7-2-3-8(18-7)9(13)14/h7-8H,2-6H2,1H3,(H,13,14)(H2,11,12,15). The van der Waals surface area contributed by atoms with E-state index < -0.39 is 27.9 Å². The van der Waals surface area contributed by atoms with Gasteiger partial charge in [0, 0.05) is 19.3 Å². The largest absolute Gasteiger partial charge is 0.479 e. The number of hydrogen-bond donors (Lipinski definition) is 3. The Morgan fingerprint density at radius 2 is 2.00 bits per heavy atom. The Hall–Kier alpha value is -1.35. The van der Waals surface area contributed by atoms with Crippen molar-refractivity contribution in [3.05, 3.63) is 0 Å². The third-order valence-corrected chi connectivity index (χ3v) is 3.58. The number of aliphatic carboxylic acids is 1. The second-order valence-corrected chi connectivity index (χ2v) is 6.69.